The second kappa shape index (κ2) is 5.57. The van der Waals surface area contributed by atoms with Gasteiger partial charge in [-0.1, -0.05) is 12.1 Å². The lowest BCUT2D eigenvalue weighted by atomic mass is 10.2. The molecule has 0 aliphatic heterocycles. The number of hydrogen-bond donors (Lipinski definition) is 2. The van der Waals surface area contributed by atoms with E-state index in [2.05, 4.69) is 9.82 Å². The van der Waals surface area contributed by atoms with E-state index in [-0.39, 0.29) is 17.1 Å². The number of rotatable bonds is 5. The molecule has 1 heterocycles. The highest BCUT2D eigenvalue weighted by Gasteiger charge is 2.18. The number of hydrogen-bond acceptors (Lipinski definition) is 4. The van der Waals surface area contributed by atoms with Crippen LogP contribution in [0.2, 0.25) is 0 Å². The molecular weight excluding hydrogens is 294 g/mol. The van der Waals surface area contributed by atoms with Crippen molar-refractivity contribution in [3.05, 3.63) is 41.7 Å². The van der Waals surface area contributed by atoms with Crippen molar-refractivity contribution in [3.8, 4) is 0 Å². The Morgan fingerprint density at radius 2 is 2.10 bits per heavy atom. The SMILES string of the molecule is Cc1ccc(C)c(S(=O)(=O)Nc2cnn(CC(=O)O)c2)c1. The molecule has 7 nitrogen and oxygen atoms in total. The van der Waals surface area contributed by atoms with Crippen LogP contribution in [0, 0.1) is 13.8 Å². The minimum atomic E-state index is -3.73. The van der Waals surface area contributed by atoms with E-state index < -0.39 is 16.0 Å². The van der Waals surface area contributed by atoms with Crippen LogP contribution in [0.1, 0.15) is 11.1 Å². The topological polar surface area (TPSA) is 101 Å². The Labute approximate surface area is 122 Å². The molecule has 8 heteroatoms. The minimum Gasteiger partial charge on any atom is -0.480 e. The molecule has 2 aromatic rings. The predicted molar refractivity (Wildman–Crippen MR) is 76.6 cm³/mol. The largest absolute Gasteiger partial charge is 0.480 e. The maximum absolute atomic E-state index is 12.3. The number of aliphatic carboxylic acids is 1. The first-order chi connectivity index (χ1) is 9.78. The maximum Gasteiger partial charge on any atom is 0.325 e. The van der Waals surface area contributed by atoms with Gasteiger partial charge in [0.1, 0.15) is 6.54 Å². The summed E-state index contributed by atoms with van der Waals surface area (Å²) in [5.41, 5.74) is 1.69. The molecule has 0 saturated carbocycles. The Bertz CT molecular complexity index is 780. The van der Waals surface area contributed by atoms with Crippen LogP contribution in [0.25, 0.3) is 0 Å². The maximum atomic E-state index is 12.3. The first-order valence-electron chi connectivity index (χ1n) is 6.12. The van der Waals surface area contributed by atoms with Gasteiger partial charge in [-0.25, -0.2) is 8.42 Å². The second-order valence-electron chi connectivity index (χ2n) is 4.69. The molecule has 0 aliphatic rings. The molecule has 0 spiro atoms. The molecule has 112 valence electrons. The third-order valence-electron chi connectivity index (χ3n) is 2.82. The zero-order chi connectivity index (χ0) is 15.6. The Hall–Kier alpha value is -2.35. The van der Waals surface area contributed by atoms with Crippen molar-refractivity contribution >= 4 is 21.7 Å². The van der Waals surface area contributed by atoms with Gasteiger partial charge in [0.25, 0.3) is 10.0 Å². The lowest BCUT2D eigenvalue weighted by Gasteiger charge is -2.09. The number of nitrogens with one attached hydrogen (secondary N) is 1. The number of carbonyl (C=O) groups is 1. The van der Waals surface area contributed by atoms with Crippen LogP contribution in [-0.4, -0.2) is 29.3 Å². The number of aromatic nitrogens is 2. The number of nitrogens with zero attached hydrogens (tertiary/aromatic N) is 2. The van der Waals surface area contributed by atoms with Gasteiger partial charge in [-0.2, -0.15) is 5.10 Å². The molecule has 2 N–H and O–H groups in total. The summed E-state index contributed by atoms with van der Waals surface area (Å²) in [5, 5.41) is 12.4. The van der Waals surface area contributed by atoms with Crippen molar-refractivity contribution < 1.29 is 18.3 Å². The molecule has 0 unspecified atom stereocenters. The van der Waals surface area contributed by atoms with Gasteiger partial charge >= 0.3 is 5.97 Å². The first-order valence-corrected chi connectivity index (χ1v) is 7.60. The van der Waals surface area contributed by atoms with E-state index in [4.69, 9.17) is 5.11 Å². The van der Waals surface area contributed by atoms with Gasteiger partial charge in [0.05, 0.1) is 16.8 Å². The normalized spacial score (nSPS) is 11.3. The average molecular weight is 309 g/mol. The van der Waals surface area contributed by atoms with Crippen LogP contribution in [0.15, 0.2) is 35.5 Å². The van der Waals surface area contributed by atoms with Gasteiger partial charge in [0.15, 0.2) is 0 Å². The van der Waals surface area contributed by atoms with Crippen molar-refractivity contribution in [1.82, 2.24) is 9.78 Å². The summed E-state index contributed by atoms with van der Waals surface area (Å²) in [6, 6.07) is 5.15. The Morgan fingerprint density at radius 1 is 1.38 bits per heavy atom. The molecular formula is C13H15N3O4S. The highest BCUT2D eigenvalue weighted by molar-refractivity contribution is 7.92. The Balaban J connectivity index is 2.27. The minimum absolute atomic E-state index is 0.188. The summed E-state index contributed by atoms with van der Waals surface area (Å²) in [7, 11) is -3.73. The van der Waals surface area contributed by atoms with Crippen LogP contribution in [0.4, 0.5) is 5.69 Å². The summed E-state index contributed by atoms with van der Waals surface area (Å²) in [4.78, 5) is 10.8. The lowest BCUT2D eigenvalue weighted by molar-refractivity contribution is -0.137. The lowest BCUT2D eigenvalue weighted by Crippen LogP contribution is -2.14. The molecule has 2 rings (SSSR count). The molecule has 21 heavy (non-hydrogen) atoms. The van der Waals surface area contributed by atoms with Gasteiger partial charge in [0, 0.05) is 6.20 Å². The molecule has 1 aromatic carbocycles. The molecule has 0 radical (unpaired) electrons. The van der Waals surface area contributed by atoms with Crippen molar-refractivity contribution in [2.45, 2.75) is 25.3 Å². The Kier molecular flexibility index (Phi) is 3.99. The predicted octanol–water partition coefficient (Wildman–Crippen LogP) is 1.39. The van der Waals surface area contributed by atoms with Crippen LogP contribution in [-0.2, 0) is 21.4 Å². The second-order valence-corrected chi connectivity index (χ2v) is 6.35. The van der Waals surface area contributed by atoms with Crippen LogP contribution in [0.5, 0.6) is 0 Å². The first kappa shape index (κ1) is 15.0. The van der Waals surface area contributed by atoms with Crippen LogP contribution >= 0.6 is 0 Å². The summed E-state index contributed by atoms with van der Waals surface area (Å²) in [6.45, 7) is 3.19. The summed E-state index contributed by atoms with van der Waals surface area (Å²) >= 11 is 0. The number of sulfonamides is 1. The van der Waals surface area contributed by atoms with Gasteiger partial charge in [-0.15, -0.1) is 0 Å². The molecule has 0 bridgehead atoms. The number of carboxylic acid groups (broad SMARTS) is 1. The zero-order valence-corrected chi connectivity index (χ0v) is 12.4. The third-order valence-corrected chi connectivity index (χ3v) is 4.34. The fourth-order valence-corrected chi connectivity index (χ4v) is 3.21. The quantitative estimate of drug-likeness (QED) is 0.869. The summed E-state index contributed by atoms with van der Waals surface area (Å²) in [5.74, 6) is -1.05. The van der Waals surface area contributed by atoms with Gasteiger partial charge < -0.3 is 5.11 Å². The van der Waals surface area contributed by atoms with Crippen molar-refractivity contribution in [2.24, 2.45) is 0 Å². The smallest absolute Gasteiger partial charge is 0.325 e. The van der Waals surface area contributed by atoms with Gasteiger partial charge in [-0.05, 0) is 31.0 Å². The van der Waals surface area contributed by atoms with Gasteiger partial charge in [0.2, 0.25) is 0 Å². The monoisotopic (exact) mass is 309 g/mol. The number of anilines is 1. The standard InChI is InChI=1S/C13H15N3O4S/c1-9-3-4-10(2)12(5-9)21(19,20)15-11-6-14-16(7-11)8-13(17)18/h3-7,15H,8H2,1-2H3,(H,17,18). The third kappa shape index (κ3) is 3.60. The van der Waals surface area contributed by atoms with Crippen molar-refractivity contribution in [2.75, 3.05) is 4.72 Å². The van der Waals surface area contributed by atoms with E-state index in [0.29, 0.717) is 5.56 Å². The van der Waals surface area contributed by atoms with Crippen molar-refractivity contribution in [1.29, 1.82) is 0 Å². The van der Waals surface area contributed by atoms with Gasteiger partial charge in [-0.3, -0.25) is 14.2 Å². The van der Waals surface area contributed by atoms with E-state index in [9.17, 15) is 13.2 Å². The van der Waals surface area contributed by atoms with E-state index >= 15 is 0 Å². The molecule has 0 amide bonds. The van der Waals surface area contributed by atoms with Crippen molar-refractivity contribution in [3.63, 3.8) is 0 Å². The highest BCUT2D eigenvalue weighted by Crippen LogP contribution is 2.20. The number of benzene rings is 1. The van der Waals surface area contributed by atoms with E-state index in [1.807, 2.05) is 13.0 Å². The fraction of sp³-hybridized carbons (Fsp3) is 0.231. The highest BCUT2D eigenvalue weighted by atomic mass is 32.2. The molecule has 0 aliphatic carbocycles. The van der Waals surface area contributed by atoms with Crippen LogP contribution < -0.4 is 4.72 Å². The number of carboxylic acids is 1. The number of aryl methyl sites for hydroxylation is 2. The average Bonchev–Trinajstić information content (AvgIpc) is 2.77. The van der Waals surface area contributed by atoms with Crippen LogP contribution in [0.3, 0.4) is 0 Å². The fourth-order valence-electron chi connectivity index (χ4n) is 1.85. The summed E-state index contributed by atoms with van der Waals surface area (Å²) in [6.07, 6.45) is 2.60. The van der Waals surface area contributed by atoms with E-state index in [0.717, 1.165) is 10.2 Å². The zero-order valence-electron chi connectivity index (χ0n) is 11.6. The Morgan fingerprint density at radius 3 is 2.76 bits per heavy atom. The molecule has 1 aromatic heterocycles. The van der Waals surface area contributed by atoms with E-state index in [1.54, 1.807) is 19.1 Å². The molecule has 0 fully saturated rings. The van der Waals surface area contributed by atoms with E-state index in [1.165, 1.54) is 12.4 Å². The molecule has 0 saturated heterocycles. The summed E-state index contributed by atoms with van der Waals surface area (Å²) < 4.78 is 28.2. The molecule has 0 atom stereocenters.